The Morgan fingerprint density at radius 2 is 2.50 bits per heavy atom. The number of nitrogens with zero attached hydrogens (tertiary/aromatic N) is 1. The highest BCUT2D eigenvalue weighted by atomic mass is 35.5. The van der Waals surface area contributed by atoms with Gasteiger partial charge in [0.15, 0.2) is 0 Å². The minimum absolute atomic E-state index is 0.265. The van der Waals surface area contributed by atoms with Crippen molar-refractivity contribution in [3.63, 3.8) is 0 Å². The number of aromatic nitrogens is 1. The van der Waals surface area contributed by atoms with Crippen LogP contribution in [0.3, 0.4) is 0 Å². The van der Waals surface area contributed by atoms with Crippen LogP contribution in [0.2, 0.25) is 5.02 Å². The van der Waals surface area contributed by atoms with Gasteiger partial charge in [-0.05, 0) is 6.07 Å². The number of nitrogens with two attached hydrogens (primary N) is 1. The van der Waals surface area contributed by atoms with Crippen molar-refractivity contribution in [2.45, 2.75) is 0 Å². The highest BCUT2D eigenvalue weighted by molar-refractivity contribution is 6.33. The second-order valence-electron chi connectivity index (χ2n) is 2.48. The van der Waals surface area contributed by atoms with Crippen LogP contribution in [0.25, 0.3) is 0 Å². The number of terminal acetylenes is 1. The fourth-order valence-electron chi connectivity index (χ4n) is 0.837. The Balaban J connectivity index is 2.91. The van der Waals surface area contributed by atoms with Gasteiger partial charge < -0.3 is 11.1 Å². The largest absolute Gasteiger partial charge is 0.366 e. The Labute approximate surface area is 86.5 Å². The molecule has 4 nitrogen and oxygen atoms in total. The summed E-state index contributed by atoms with van der Waals surface area (Å²) in [6.45, 7) is 0.322. The predicted octanol–water partition coefficient (Wildman–Crippen LogP) is 0.879. The maximum atomic E-state index is 10.7. The van der Waals surface area contributed by atoms with Gasteiger partial charge in [-0.1, -0.05) is 17.5 Å². The van der Waals surface area contributed by atoms with Crippen LogP contribution in [0.1, 0.15) is 10.4 Å². The molecule has 0 saturated heterocycles. The second-order valence-corrected chi connectivity index (χ2v) is 2.88. The van der Waals surface area contributed by atoms with E-state index in [0.29, 0.717) is 17.4 Å². The molecule has 1 heterocycles. The lowest BCUT2D eigenvalue weighted by Gasteiger charge is -2.04. The molecule has 1 rings (SSSR count). The Morgan fingerprint density at radius 1 is 1.79 bits per heavy atom. The van der Waals surface area contributed by atoms with Gasteiger partial charge in [-0.2, -0.15) is 0 Å². The smallest absolute Gasteiger partial charge is 0.250 e. The summed E-state index contributed by atoms with van der Waals surface area (Å²) in [5.41, 5.74) is 5.31. The number of primary amides is 1. The van der Waals surface area contributed by atoms with Gasteiger partial charge in [0.05, 0.1) is 17.1 Å². The zero-order chi connectivity index (χ0) is 10.6. The first kappa shape index (κ1) is 10.4. The van der Waals surface area contributed by atoms with Gasteiger partial charge in [0.25, 0.3) is 0 Å². The lowest BCUT2D eigenvalue weighted by atomic mass is 10.3. The molecular formula is C9H8ClN3O. The van der Waals surface area contributed by atoms with E-state index in [4.69, 9.17) is 23.8 Å². The number of amides is 1. The molecule has 0 radical (unpaired) electrons. The summed E-state index contributed by atoms with van der Waals surface area (Å²) in [6.07, 6.45) is 6.39. The fourth-order valence-corrected chi connectivity index (χ4v) is 1.07. The molecule has 0 bridgehead atoms. The van der Waals surface area contributed by atoms with Crippen LogP contribution in [-0.2, 0) is 0 Å². The highest BCUT2D eigenvalue weighted by Crippen LogP contribution is 2.19. The lowest BCUT2D eigenvalue weighted by molar-refractivity contribution is 0.1000. The Morgan fingerprint density at radius 3 is 3.00 bits per heavy atom. The van der Waals surface area contributed by atoms with Crippen LogP contribution in [-0.4, -0.2) is 17.4 Å². The Kier molecular flexibility index (Phi) is 3.32. The van der Waals surface area contributed by atoms with Gasteiger partial charge in [-0.15, -0.1) is 6.42 Å². The molecule has 0 spiro atoms. The number of rotatable bonds is 3. The summed E-state index contributed by atoms with van der Waals surface area (Å²) in [7, 11) is 0. The van der Waals surface area contributed by atoms with E-state index in [0.717, 1.165) is 0 Å². The maximum Gasteiger partial charge on any atom is 0.250 e. The fraction of sp³-hybridized carbons (Fsp3) is 0.111. The number of carbonyl (C=O) groups is 1. The van der Waals surface area contributed by atoms with E-state index in [1.54, 1.807) is 0 Å². The van der Waals surface area contributed by atoms with E-state index < -0.39 is 5.91 Å². The van der Waals surface area contributed by atoms with Crippen LogP contribution in [0.4, 0.5) is 5.82 Å². The van der Waals surface area contributed by atoms with Crippen LogP contribution < -0.4 is 11.1 Å². The number of pyridine rings is 1. The average Bonchev–Trinajstić information content (AvgIpc) is 2.15. The molecule has 1 aromatic rings. The molecule has 0 atom stereocenters. The van der Waals surface area contributed by atoms with Crippen molar-refractivity contribution in [2.75, 3.05) is 11.9 Å². The molecule has 1 amide bonds. The molecule has 72 valence electrons. The maximum absolute atomic E-state index is 10.7. The van der Waals surface area contributed by atoms with Gasteiger partial charge in [0.2, 0.25) is 5.91 Å². The number of carbonyl (C=O) groups excluding carboxylic acids is 1. The minimum Gasteiger partial charge on any atom is -0.366 e. The lowest BCUT2D eigenvalue weighted by Crippen LogP contribution is -2.12. The number of hydrogen-bond donors (Lipinski definition) is 2. The van der Waals surface area contributed by atoms with Crippen molar-refractivity contribution in [2.24, 2.45) is 5.73 Å². The molecule has 1 aromatic heterocycles. The average molecular weight is 210 g/mol. The second kappa shape index (κ2) is 4.49. The van der Waals surface area contributed by atoms with E-state index >= 15 is 0 Å². The topological polar surface area (TPSA) is 68.0 Å². The number of halogens is 1. The van der Waals surface area contributed by atoms with E-state index in [1.807, 2.05) is 0 Å². The monoisotopic (exact) mass is 209 g/mol. The predicted molar refractivity (Wildman–Crippen MR) is 55.1 cm³/mol. The minimum atomic E-state index is -0.567. The number of anilines is 1. The molecule has 0 aliphatic carbocycles. The van der Waals surface area contributed by atoms with Crippen molar-refractivity contribution in [1.29, 1.82) is 0 Å². The van der Waals surface area contributed by atoms with Crippen LogP contribution >= 0.6 is 11.6 Å². The molecule has 0 saturated carbocycles. The molecule has 0 fully saturated rings. The normalized spacial score (nSPS) is 9.14. The van der Waals surface area contributed by atoms with E-state index in [-0.39, 0.29) is 5.56 Å². The Bertz CT molecular complexity index is 398. The molecule has 0 aliphatic heterocycles. The van der Waals surface area contributed by atoms with Crippen LogP contribution in [0.5, 0.6) is 0 Å². The summed E-state index contributed by atoms with van der Waals surface area (Å²) in [5.74, 6) is 2.25. The molecule has 0 unspecified atom stereocenters. The third kappa shape index (κ3) is 2.38. The molecular weight excluding hydrogens is 202 g/mol. The molecule has 0 aromatic carbocycles. The van der Waals surface area contributed by atoms with Crippen LogP contribution in [0.15, 0.2) is 12.3 Å². The summed E-state index contributed by atoms with van der Waals surface area (Å²) < 4.78 is 0. The highest BCUT2D eigenvalue weighted by Gasteiger charge is 2.05. The number of nitrogens with one attached hydrogen (secondary N) is 1. The van der Waals surface area contributed by atoms with E-state index in [1.165, 1.54) is 12.3 Å². The third-order valence-corrected chi connectivity index (χ3v) is 1.77. The van der Waals surface area contributed by atoms with Gasteiger partial charge in [-0.25, -0.2) is 4.98 Å². The number of hydrogen-bond acceptors (Lipinski definition) is 3. The SMILES string of the molecule is C#CCNc1ncc(C(N)=O)cc1Cl. The van der Waals surface area contributed by atoms with E-state index in [9.17, 15) is 4.79 Å². The first-order chi connectivity index (χ1) is 6.65. The van der Waals surface area contributed by atoms with Crippen LogP contribution in [0, 0.1) is 12.3 Å². The molecule has 5 heteroatoms. The Hall–Kier alpha value is -1.73. The van der Waals surface area contributed by atoms with Crippen molar-refractivity contribution in [3.8, 4) is 12.3 Å². The summed E-state index contributed by atoms with van der Waals surface area (Å²) in [5, 5.41) is 3.11. The van der Waals surface area contributed by atoms with Crippen molar-refractivity contribution >= 4 is 23.3 Å². The zero-order valence-electron chi connectivity index (χ0n) is 7.25. The first-order valence-electron chi connectivity index (χ1n) is 3.78. The van der Waals surface area contributed by atoms with Gasteiger partial charge in [0.1, 0.15) is 5.82 Å². The first-order valence-corrected chi connectivity index (χ1v) is 4.15. The molecule has 14 heavy (non-hydrogen) atoms. The molecule has 0 aliphatic rings. The summed E-state index contributed by atoms with van der Waals surface area (Å²) in [6, 6.07) is 1.44. The molecule has 3 N–H and O–H groups in total. The quantitative estimate of drug-likeness (QED) is 0.727. The third-order valence-electron chi connectivity index (χ3n) is 1.48. The standard InChI is InChI=1S/C9H8ClN3O/c1-2-3-12-9-7(10)4-6(5-13-9)8(11)14/h1,4-5H,3H2,(H2,11,14)(H,12,13). The van der Waals surface area contributed by atoms with Crippen molar-refractivity contribution in [1.82, 2.24) is 4.98 Å². The van der Waals surface area contributed by atoms with Gasteiger partial charge >= 0.3 is 0 Å². The van der Waals surface area contributed by atoms with E-state index in [2.05, 4.69) is 16.2 Å². The van der Waals surface area contributed by atoms with Crippen molar-refractivity contribution in [3.05, 3.63) is 22.8 Å². The van der Waals surface area contributed by atoms with Crippen molar-refractivity contribution < 1.29 is 4.79 Å². The summed E-state index contributed by atoms with van der Waals surface area (Å²) in [4.78, 5) is 14.6. The van der Waals surface area contributed by atoms with Gasteiger partial charge in [0, 0.05) is 6.20 Å². The van der Waals surface area contributed by atoms with Gasteiger partial charge in [-0.3, -0.25) is 4.79 Å². The summed E-state index contributed by atoms with van der Waals surface area (Å²) >= 11 is 5.81. The zero-order valence-corrected chi connectivity index (χ0v) is 8.01.